The Balaban J connectivity index is 2.41. The van der Waals surface area contributed by atoms with E-state index in [0.29, 0.717) is 16.5 Å². The van der Waals surface area contributed by atoms with Gasteiger partial charge in [0.2, 0.25) is 0 Å². The van der Waals surface area contributed by atoms with Crippen LogP contribution in [-0.2, 0) is 0 Å². The Hall–Kier alpha value is -0.410. The van der Waals surface area contributed by atoms with E-state index in [4.69, 9.17) is 0 Å². The summed E-state index contributed by atoms with van der Waals surface area (Å²) in [6.07, 6.45) is 5.66. The van der Waals surface area contributed by atoms with Crippen LogP contribution in [0.1, 0.15) is 57.1 Å². The molecule has 1 N–H and O–H groups in total. The van der Waals surface area contributed by atoms with Crippen molar-refractivity contribution in [3.8, 4) is 0 Å². The maximum atomic E-state index is 13.7. The van der Waals surface area contributed by atoms with Gasteiger partial charge < -0.3 is 5.11 Å². The summed E-state index contributed by atoms with van der Waals surface area (Å²) >= 11 is 3.13. The van der Waals surface area contributed by atoms with Gasteiger partial charge in [-0.3, -0.25) is 0 Å². The van der Waals surface area contributed by atoms with Gasteiger partial charge in [0.1, 0.15) is 5.82 Å². The predicted molar refractivity (Wildman–Crippen MR) is 72.4 cm³/mol. The molecule has 0 bridgehead atoms. The van der Waals surface area contributed by atoms with Crippen LogP contribution in [0.25, 0.3) is 0 Å². The molecule has 96 valence electrons. The first-order valence-electron chi connectivity index (χ1n) is 6.28. The van der Waals surface area contributed by atoms with E-state index in [9.17, 15) is 9.50 Å². The highest BCUT2D eigenvalue weighted by atomic mass is 79.9. The Morgan fingerprint density at radius 3 is 2.65 bits per heavy atom. The monoisotopic (exact) mass is 302 g/mol. The molecule has 1 unspecified atom stereocenters. The predicted octanol–water partition coefficient (Wildman–Crippen LogP) is 4.98. The fourth-order valence-electron chi connectivity index (χ4n) is 1.87. The van der Waals surface area contributed by atoms with Gasteiger partial charge >= 0.3 is 0 Å². The first-order chi connectivity index (χ1) is 8.16. The highest BCUT2D eigenvalue weighted by molar-refractivity contribution is 9.10. The fraction of sp³-hybridized carbons (Fsp3) is 0.571. The van der Waals surface area contributed by atoms with Crippen molar-refractivity contribution in [2.45, 2.75) is 51.6 Å². The minimum Gasteiger partial charge on any atom is -0.388 e. The third kappa shape index (κ3) is 4.76. The van der Waals surface area contributed by atoms with Crippen molar-refractivity contribution in [2.75, 3.05) is 0 Å². The van der Waals surface area contributed by atoms with Crippen molar-refractivity contribution in [1.82, 2.24) is 0 Å². The summed E-state index contributed by atoms with van der Waals surface area (Å²) in [5.41, 5.74) is 0.398. The van der Waals surface area contributed by atoms with Crippen molar-refractivity contribution in [3.63, 3.8) is 0 Å². The van der Waals surface area contributed by atoms with Gasteiger partial charge in [0.25, 0.3) is 0 Å². The van der Waals surface area contributed by atoms with E-state index < -0.39 is 6.10 Å². The van der Waals surface area contributed by atoms with Crippen molar-refractivity contribution in [3.05, 3.63) is 34.1 Å². The number of aliphatic hydroxyl groups excluding tert-OH is 1. The zero-order valence-corrected chi connectivity index (χ0v) is 11.8. The molecule has 0 heterocycles. The molecule has 17 heavy (non-hydrogen) atoms. The Morgan fingerprint density at radius 2 is 1.94 bits per heavy atom. The van der Waals surface area contributed by atoms with Crippen molar-refractivity contribution in [1.29, 1.82) is 0 Å². The summed E-state index contributed by atoms with van der Waals surface area (Å²) < 4.78 is 14.1. The number of hydrogen-bond donors (Lipinski definition) is 1. The van der Waals surface area contributed by atoms with Gasteiger partial charge in [-0.05, 0) is 28.4 Å². The zero-order valence-electron chi connectivity index (χ0n) is 10.3. The maximum Gasteiger partial charge on any atom is 0.143 e. The molecular weight excluding hydrogens is 283 g/mol. The van der Waals surface area contributed by atoms with Gasteiger partial charge in [-0.25, -0.2) is 4.39 Å². The number of benzene rings is 1. The smallest absolute Gasteiger partial charge is 0.143 e. The summed E-state index contributed by atoms with van der Waals surface area (Å²) in [5.74, 6) is -0.339. The van der Waals surface area contributed by atoms with E-state index in [1.54, 1.807) is 18.2 Å². The van der Waals surface area contributed by atoms with Crippen molar-refractivity contribution in [2.24, 2.45) is 0 Å². The standard InChI is InChI=1S/C14H20BrFO/c1-2-3-4-5-6-10-13(17)11-8-7-9-12(15)14(11)16/h7-9,13,17H,2-6,10H2,1H3. The number of unbranched alkanes of at least 4 members (excludes halogenated alkanes) is 4. The van der Waals surface area contributed by atoms with Gasteiger partial charge in [-0.1, -0.05) is 51.2 Å². The summed E-state index contributed by atoms with van der Waals surface area (Å²) in [7, 11) is 0. The van der Waals surface area contributed by atoms with Crippen LogP contribution in [0.5, 0.6) is 0 Å². The lowest BCUT2D eigenvalue weighted by Gasteiger charge is -2.12. The summed E-state index contributed by atoms with van der Waals surface area (Å²) in [6, 6.07) is 5.05. The molecule has 0 radical (unpaired) electrons. The van der Waals surface area contributed by atoms with Gasteiger partial charge in [-0.15, -0.1) is 0 Å². The molecule has 0 saturated heterocycles. The molecule has 3 heteroatoms. The minimum atomic E-state index is -0.686. The molecule has 0 amide bonds. The molecule has 1 nitrogen and oxygen atoms in total. The number of rotatable bonds is 7. The number of aliphatic hydroxyl groups is 1. The van der Waals surface area contributed by atoms with Crippen LogP contribution in [0.3, 0.4) is 0 Å². The second-order valence-electron chi connectivity index (χ2n) is 4.36. The van der Waals surface area contributed by atoms with Crippen LogP contribution in [0.4, 0.5) is 4.39 Å². The molecule has 0 aliphatic carbocycles. The fourth-order valence-corrected chi connectivity index (χ4v) is 2.26. The topological polar surface area (TPSA) is 20.2 Å². The Morgan fingerprint density at radius 1 is 1.24 bits per heavy atom. The highest BCUT2D eigenvalue weighted by Crippen LogP contribution is 2.26. The quantitative estimate of drug-likeness (QED) is 0.704. The molecule has 0 aliphatic heterocycles. The molecule has 0 saturated carbocycles. The molecular formula is C14H20BrFO. The third-order valence-electron chi connectivity index (χ3n) is 2.92. The molecule has 0 aliphatic rings. The van der Waals surface area contributed by atoms with E-state index in [1.807, 2.05) is 0 Å². The average Bonchev–Trinajstić information content (AvgIpc) is 2.32. The summed E-state index contributed by atoms with van der Waals surface area (Å²) in [6.45, 7) is 2.17. The average molecular weight is 303 g/mol. The Kier molecular flexibility index (Phi) is 6.75. The lowest BCUT2D eigenvalue weighted by atomic mass is 10.0. The van der Waals surface area contributed by atoms with Gasteiger partial charge in [0, 0.05) is 5.56 Å². The first-order valence-corrected chi connectivity index (χ1v) is 7.08. The van der Waals surface area contributed by atoms with Crippen LogP contribution in [0.15, 0.2) is 22.7 Å². The molecule has 0 aromatic heterocycles. The van der Waals surface area contributed by atoms with Crippen LogP contribution >= 0.6 is 15.9 Å². The molecule has 1 rings (SSSR count). The van der Waals surface area contributed by atoms with Crippen molar-refractivity contribution >= 4 is 15.9 Å². The Labute approximate surface area is 111 Å². The van der Waals surface area contributed by atoms with Crippen LogP contribution in [0.2, 0.25) is 0 Å². The summed E-state index contributed by atoms with van der Waals surface area (Å²) in [5, 5.41) is 9.92. The van der Waals surface area contributed by atoms with Gasteiger partial charge in [0.05, 0.1) is 10.6 Å². The number of hydrogen-bond acceptors (Lipinski definition) is 1. The van der Waals surface area contributed by atoms with E-state index in [1.165, 1.54) is 19.3 Å². The molecule has 1 atom stereocenters. The lowest BCUT2D eigenvalue weighted by Crippen LogP contribution is -2.01. The van der Waals surface area contributed by atoms with Gasteiger partial charge in [-0.2, -0.15) is 0 Å². The Bertz CT molecular complexity index is 341. The second-order valence-corrected chi connectivity index (χ2v) is 5.22. The van der Waals surface area contributed by atoms with Crippen LogP contribution in [-0.4, -0.2) is 5.11 Å². The van der Waals surface area contributed by atoms with E-state index in [0.717, 1.165) is 12.8 Å². The lowest BCUT2D eigenvalue weighted by molar-refractivity contribution is 0.158. The zero-order chi connectivity index (χ0) is 12.7. The normalized spacial score (nSPS) is 12.7. The van der Waals surface area contributed by atoms with E-state index >= 15 is 0 Å². The minimum absolute atomic E-state index is 0.339. The first kappa shape index (κ1) is 14.7. The molecule has 1 aromatic rings. The molecule has 0 fully saturated rings. The second kappa shape index (κ2) is 7.83. The molecule has 0 spiro atoms. The van der Waals surface area contributed by atoms with E-state index in [2.05, 4.69) is 22.9 Å². The maximum absolute atomic E-state index is 13.7. The van der Waals surface area contributed by atoms with E-state index in [-0.39, 0.29) is 5.82 Å². The summed E-state index contributed by atoms with van der Waals surface area (Å²) in [4.78, 5) is 0. The highest BCUT2D eigenvalue weighted by Gasteiger charge is 2.14. The third-order valence-corrected chi connectivity index (χ3v) is 3.53. The van der Waals surface area contributed by atoms with Crippen LogP contribution in [0, 0.1) is 5.82 Å². The molecule has 1 aromatic carbocycles. The van der Waals surface area contributed by atoms with Crippen molar-refractivity contribution < 1.29 is 9.50 Å². The number of halogens is 2. The SMILES string of the molecule is CCCCCCCC(O)c1cccc(Br)c1F. The van der Waals surface area contributed by atoms with Gasteiger partial charge in [0.15, 0.2) is 0 Å². The van der Waals surface area contributed by atoms with Crippen LogP contribution < -0.4 is 0 Å². The largest absolute Gasteiger partial charge is 0.388 e.